The maximum absolute atomic E-state index is 10.7. The van der Waals surface area contributed by atoms with E-state index in [1.165, 1.54) is 0 Å². The zero-order valence-corrected chi connectivity index (χ0v) is 5.64. The molecule has 1 amide bonds. The van der Waals surface area contributed by atoms with Gasteiger partial charge in [0.05, 0.1) is 0 Å². The van der Waals surface area contributed by atoms with Gasteiger partial charge in [0, 0.05) is 6.42 Å². The lowest BCUT2D eigenvalue weighted by Gasteiger charge is -1.92. The normalized spacial score (nSPS) is 25.8. The Hall–Kier alpha value is -0.860. The quantitative estimate of drug-likeness (QED) is 0.540. The van der Waals surface area contributed by atoms with E-state index in [4.69, 9.17) is 0 Å². The second kappa shape index (κ2) is 2.17. The monoisotopic (exact) mass is 126 g/mol. The number of carbonyl (C=O) groups excluding carboxylic acids is 1. The Bertz CT molecular complexity index is 162. The minimum atomic E-state index is -0.167. The van der Waals surface area contributed by atoms with Crippen LogP contribution < -0.4 is 5.32 Å². The van der Waals surface area contributed by atoms with E-state index >= 15 is 0 Å². The average Bonchev–Trinajstić information content (AvgIpc) is 2.13. The Balaban J connectivity index is 2.62. The average molecular weight is 126 g/mol. The van der Waals surface area contributed by atoms with E-state index in [9.17, 15) is 4.79 Å². The van der Waals surface area contributed by atoms with Crippen molar-refractivity contribution in [1.29, 1.82) is 0 Å². The van der Waals surface area contributed by atoms with E-state index in [1.807, 2.05) is 6.92 Å². The van der Waals surface area contributed by atoms with Gasteiger partial charge in [0.25, 0.3) is 0 Å². The van der Waals surface area contributed by atoms with Crippen LogP contribution in [0.25, 0.3) is 0 Å². The molecular weight excluding hydrogens is 116 g/mol. The molecule has 0 saturated carbocycles. The molecular formula is C6H10N2O. The number of hydrogen-bond acceptors (Lipinski definition) is 2. The molecule has 1 heterocycles. The third-order valence-corrected chi connectivity index (χ3v) is 1.33. The molecule has 0 aromatic heterocycles. The van der Waals surface area contributed by atoms with E-state index in [0.717, 1.165) is 12.3 Å². The fourth-order valence-corrected chi connectivity index (χ4v) is 0.751. The number of hydrogen-bond donors (Lipinski definition) is 1. The molecule has 0 radical (unpaired) electrons. The van der Waals surface area contributed by atoms with Crippen molar-refractivity contribution in [2.45, 2.75) is 26.3 Å². The fourth-order valence-electron chi connectivity index (χ4n) is 0.751. The molecule has 0 aromatic rings. The van der Waals surface area contributed by atoms with Gasteiger partial charge in [-0.15, -0.1) is 0 Å². The van der Waals surface area contributed by atoms with Crippen LogP contribution in [0.15, 0.2) is 4.99 Å². The van der Waals surface area contributed by atoms with Crippen molar-refractivity contribution in [2.75, 3.05) is 0 Å². The Morgan fingerprint density at radius 1 is 1.78 bits per heavy atom. The summed E-state index contributed by atoms with van der Waals surface area (Å²) in [4.78, 5) is 14.8. The second-order valence-corrected chi connectivity index (χ2v) is 2.09. The van der Waals surface area contributed by atoms with Crippen LogP contribution in [0, 0.1) is 0 Å². The SMILES string of the molecule is CCC1=NC(C)C(=O)N1. The van der Waals surface area contributed by atoms with Gasteiger partial charge in [0.15, 0.2) is 0 Å². The van der Waals surface area contributed by atoms with E-state index in [-0.39, 0.29) is 11.9 Å². The summed E-state index contributed by atoms with van der Waals surface area (Å²) in [6.07, 6.45) is 0.816. The summed E-state index contributed by atoms with van der Waals surface area (Å²) in [5.74, 6) is 0.833. The van der Waals surface area contributed by atoms with Crippen molar-refractivity contribution >= 4 is 11.7 Å². The van der Waals surface area contributed by atoms with Gasteiger partial charge in [-0.25, -0.2) is 0 Å². The summed E-state index contributed by atoms with van der Waals surface area (Å²) in [6.45, 7) is 3.76. The topological polar surface area (TPSA) is 41.5 Å². The highest BCUT2D eigenvalue weighted by Crippen LogP contribution is 1.99. The van der Waals surface area contributed by atoms with Crippen LogP contribution in [-0.2, 0) is 4.79 Å². The largest absolute Gasteiger partial charge is 0.313 e. The van der Waals surface area contributed by atoms with Crippen LogP contribution in [0.3, 0.4) is 0 Å². The zero-order valence-electron chi connectivity index (χ0n) is 5.64. The van der Waals surface area contributed by atoms with Gasteiger partial charge in [0.1, 0.15) is 11.9 Å². The summed E-state index contributed by atoms with van der Waals surface area (Å²) >= 11 is 0. The molecule has 3 heteroatoms. The van der Waals surface area contributed by atoms with Crippen LogP contribution in [-0.4, -0.2) is 17.8 Å². The van der Waals surface area contributed by atoms with Crippen LogP contribution in [0.5, 0.6) is 0 Å². The highest BCUT2D eigenvalue weighted by atomic mass is 16.2. The third kappa shape index (κ3) is 1.09. The lowest BCUT2D eigenvalue weighted by Crippen LogP contribution is -2.26. The van der Waals surface area contributed by atoms with Gasteiger partial charge in [-0.3, -0.25) is 9.79 Å². The minimum absolute atomic E-state index is 0.0202. The predicted molar refractivity (Wildman–Crippen MR) is 35.3 cm³/mol. The first-order valence-corrected chi connectivity index (χ1v) is 3.11. The van der Waals surface area contributed by atoms with Crippen molar-refractivity contribution < 1.29 is 4.79 Å². The van der Waals surface area contributed by atoms with E-state index in [2.05, 4.69) is 10.3 Å². The molecule has 1 rings (SSSR count). The van der Waals surface area contributed by atoms with E-state index < -0.39 is 0 Å². The summed E-state index contributed by atoms with van der Waals surface area (Å²) < 4.78 is 0. The van der Waals surface area contributed by atoms with Gasteiger partial charge < -0.3 is 5.32 Å². The Morgan fingerprint density at radius 2 is 2.44 bits per heavy atom. The van der Waals surface area contributed by atoms with Gasteiger partial charge in [-0.05, 0) is 6.92 Å². The van der Waals surface area contributed by atoms with Crippen LogP contribution in [0.2, 0.25) is 0 Å². The molecule has 1 unspecified atom stereocenters. The van der Waals surface area contributed by atoms with Crippen LogP contribution in [0.1, 0.15) is 20.3 Å². The smallest absolute Gasteiger partial charge is 0.249 e. The van der Waals surface area contributed by atoms with Crippen molar-refractivity contribution in [1.82, 2.24) is 5.32 Å². The first kappa shape index (κ1) is 6.26. The molecule has 0 aliphatic carbocycles. The molecule has 1 aliphatic rings. The first-order valence-electron chi connectivity index (χ1n) is 3.11. The lowest BCUT2D eigenvalue weighted by atomic mass is 10.4. The van der Waals surface area contributed by atoms with Crippen molar-refractivity contribution in [3.63, 3.8) is 0 Å². The molecule has 50 valence electrons. The lowest BCUT2D eigenvalue weighted by molar-refractivity contribution is -0.119. The number of amides is 1. The number of rotatable bonds is 1. The van der Waals surface area contributed by atoms with E-state index in [1.54, 1.807) is 6.92 Å². The number of aliphatic imine (C=N–C) groups is 1. The van der Waals surface area contributed by atoms with Crippen LogP contribution in [0.4, 0.5) is 0 Å². The molecule has 1 N–H and O–H groups in total. The van der Waals surface area contributed by atoms with Crippen molar-refractivity contribution in [3.05, 3.63) is 0 Å². The standard InChI is InChI=1S/C6H10N2O/c1-3-5-7-4(2)6(9)8-5/h4H,3H2,1-2H3,(H,7,8,9). The molecule has 3 nitrogen and oxygen atoms in total. The van der Waals surface area contributed by atoms with Gasteiger partial charge in [-0.2, -0.15) is 0 Å². The van der Waals surface area contributed by atoms with Gasteiger partial charge in [0.2, 0.25) is 5.91 Å². The predicted octanol–water partition coefficient (Wildman–Crippen LogP) is 0.313. The summed E-state index contributed by atoms with van der Waals surface area (Å²) in [5.41, 5.74) is 0. The molecule has 1 aliphatic heterocycles. The summed E-state index contributed by atoms with van der Waals surface area (Å²) in [6, 6.07) is -0.167. The number of nitrogens with zero attached hydrogens (tertiary/aromatic N) is 1. The molecule has 0 bridgehead atoms. The third-order valence-electron chi connectivity index (χ3n) is 1.33. The van der Waals surface area contributed by atoms with Crippen LogP contribution >= 0.6 is 0 Å². The number of nitrogens with one attached hydrogen (secondary N) is 1. The Labute approximate surface area is 54.2 Å². The first-order chi connectivity index (χ1) is 4.24. The Kier molecular flexibility index (Phi) is 1.51. The fraction of sp³-hybridized carbons (Fsp3) is 0.667. The zero-order chi connectivity index (χ0) is 6.85. The molecule has 9 heavy (non-hydrogen) atoms. The molecule has 1 atom stereocenters. The van der Waals surface area contributed by atoms with Crippen molar-refractivity contribution in [3.8, 4) is 0 Å². The summed E-state index contributed by atoms with van der Waals surface area (Å²) in [5, 5.41) is 2.66. The highest BCUT2D eigenvalue weighted by molar-refractivity contribution is 6.05. The molecule has 0 spiro atoms. The maximum Gasteiger partial charge on any atom is 0.249 e. The Morgan fingerprint density at radius 3 is 2.67 bits per heavy atom. The molecule has 0 saturated heterocycles. The minimum Gasteiger partial charge on any atom is -0.313 e. The number of amidine groups is 1. The second-order valence-electron chi connectivity index (χ2n) is 2.09. The molecule has 0 fully saturated rings. The molecule has 0 aromatic carbocycles. The van der Waals surface area contributed by atoms with Gasteiger partial charge in [-0.1, -0.05) is 6.92 Å². The number of carbonyl (C=O) groups is 1. The van der Waals surface area contributed by atoms with Gasteiger partial charge >= 0.3 is 0 Å². The van der Waals surface area contributed by atoms with E-state index in [0.29, 0.717) is 0 Å². The summed E-state index contributed by atoms with van der Waals surface area (Å²) in [7, 11) is 0. The highest BCUT2D eigenvalue weighted by Gasteiger charge is 2.19. The maximum atomic E-state index is 10.7. The van der Waals surface area contributed by atoms with Crippen molar-refractivity contribution in [2.24, 2.45) is 4.99 Å².